The van der Waals surface area contributed by atoms with Crippen molar-refractivity contribution in [2.45, 2.75) is 65.8 Å². The van der Waals surface area contributed by atoms with Crippen LogP contribution in [-0.2, 0) is 0 Å². The van der Waals surface area contributed by atoms with Gasteiger partial charge in [0.2, 0.25) is 0 Å². The summed E-state index contributed by atoms with van der Waals surface area (Å²) >= 11 is 0. The van der Waals surface area contributed by atoms with Crippen molar-refractivity contribution >= 4 is 0 Å². The summed E-state index contributed by atoms with van der Waals surface area (Å²) in [6, 6.07) is 2.44. The van der Waals surface area contributed by atoms with E-state index in [0.717, 1.165) is 38.3 Å². The van der Waals surface area contributed by atoms with Gasteiger partial charge in [-0.05, 0) is 63.6 Å². The first-order valence-corrected chi connectivity index (χ1v) is 8.19. The summed E-state index contributed by atoms with van der Waals surface area (Å²) < 4.78 is 0. The standard InChI is InChI=1S/C17H33N3/c1-6-10-19-17(5,14-18)9-7-11-20-12-8-15(13-20)16(2,3)4/h15,19H,6-13H2,1-5H3. The molecule has 1 aliphatic rings. The van der Waals surface area contributed by atoms with Crippen molar-refractivity contribution in [3.63, 3.8) is 0 Å². The van der Waals surface area contributed by atoms with Crippen LogP contribution in [-0.4, -0.2) is 36.6 Å². The van der Waals surface area contributed by atoms with Gasteiger partial charge in [-0.15, -0.1) is 0 Å². The molecular formula is C17H33N3. The molecule has 1 saturated heterocycles. The third-order valence-corrected chi connectivity index (χ3v) is 4.66. The average molecular weight is 279 g/mol. The van der Waals surface area contributed by atoms with Crippen LogP contribution in [0.4, 0.5) is 0 Å². The molecule has 1 fully saturated rings. The lowest BCUT2D eigenvalue weighted by atomic mass is 9.80. The normalized spacial score (nSPS) is 23.5. The fraction of sp³-hybridized carbons (Fsp3) is 0.941. The van der Waals surface area contributed by atoms with Crippen molar-refractivity contribution in [1.29, 1.82) is 5.26 Å². The van der Waals surface area contributed by atoms with Crippen LogP contribution in [0.1, 0.15) is 60.3 Å². The van der Waals surface area contributed by atoms with E-state index in [1.165, 1.54) is 19.5 Å². The summed E-state index contributed by atoms with van der Waals surface area (Å²) in [5.41, 5.74) is 0.0811. The molecule has 2 atom stereocenters. The number of nitrogens with one attached hydrogen (secondary N) is 1. The van der Waals surface area contributed by atoms with Crippen molar-refractivity contribution in [2.24, 2.45) is 11.3 Å². The molecule has 0 aromatic heterocycles. The van der Waals surface area contributed by atoms with Crippen LogP contribution in [0.25, 0.3) is 0 Å². The molecule has 0 aliphatic carbocycles. The highest BCUT2D eigenvalue weighted by Crippen LogP contribution is 2.33. The molecule has 0 spiro atoms. The lowest BCUT2D eigenvalue weighted by Crippen LogP contribution is -2.42. The lowest BCUT2D eigenvalue weighted by Gasteiger charge is -2.27. The molecule has 1 rings (SSSR count). The van der Waals surface area contributed by atoms with E-state index in [1.807, 2.05) is 6.92 Å². The quantitative estimate of drug-likeness (QED) is 0.776. The fourth-order valence-electron chi connectivity index (χ4n) is 2.98. The van der Waals surface area contributed by atoms with Crippen molar-refractivity contribution in [3.05, 3.63) is 0 Å². The third kappa shape index (κ3) is 5.42. The van der Waals surface area contributed by atoms with Gasteiger partial charge in [0.15, 0.2) is 0 Å². The highest BCUT2D eigenvalue weighted by Gasteiger charge is 2.31. The monoisotopic (exact) mass is 279 g/mol. The zero-order valence-corrected chi connectivity index (χ0v) is 14.1. The van der Waals surface area contributed by atoms with Gasteiger partial charge in [0.05, 0.1) is 6.07 Å². The molecule has 116 valence electrons. The van der Waals surface area contributed by atoms with Gasteiger partial charge in [-0.1, -0.05) is 27.7 Å². The van der Waals surface area contributed by atoms with E-state index in [2.05, 4.69) is 44.0 Å². The number of rotatable bonds is 7. The van der Waals surface area contributed by atoms with E-state index in [4.69, 9.17) is 0 Å². The Labute approximate surface area is 125 Å². The number of hydrogen-bond donors (Lipinski definition) is 1. The molecule has 1 aliphatic heterocycles. The second kappa shape index (κ2) is 7.43. The predicted molar refractivity (Wildman–Crippen MR) is 85.5 cm³/mol. The van der Waals surface area contributed by atoms with Gasteiger partial charge >= 0.3 is 0 Å². The molecule has 0 aromatic rings. The van der Waals surface area contributed by atoms with E-state index < -0.39 is 0 Å². The average Bonchev–Trinajstić information content (AvgIpc) is 2.85. The molecule has 0 amide bonds. The van der Waals surface area contributed by atoms with Crippen molar-refractivity contribution in [3.8, 4) is 6.07 Å². The van der Waals surface area contributed by atoms with Gasteiger partial charge in [0.25, 0.3) is 0 Å². The zero-order chi connectivity index (χ0) is 15.2. The number of nitrogens with zero attached hydrogens (tertiary/aromatic N) is 2. The van der Waals surface area contributed by atoms with E-state index >= 15 is 0 Å². The smallest absolute Gasteiger partial charge is 0.103 e. The largest absolute Gasteiger partial charge is 0.303 e. The molecule has 1 N–H and O–H groups in total. The Balaban J connectivity index is 2.29. The summed E-state index contributed by atoms with van der Waals surface area (Å²) in [6.07, 6.45) is 4.46. The maximum Gasteiger partial charge on any atom is 0.103 e. The Hall–Kier alpha value is -0.590. The maximum atomic E-state index is 9.33. The van der Waals surface area contributed by atoms with Gasteiger partial charge in [-0.3, -0.25) is 5.32 Å². The van der Waals surface area contributed by atoms with Gasteiger partial charge in [-0.2, -0.15) is 5.26 Å². The molecule has 0 bridgehead atoms. The Kier molecular flexibility index (Phi) is 6.48. The van der Waals surface area contributed by atoms with Crippen molar-refractivity contribution in [2.75, 3.05) is 26.2 Å². The molecular weight excluding hydrogens is 246 g/mol. The minimum absolute atomic E-state index is 0.348. The van der Waals surface area contributed by atoms with Crippen molar-refractivity contribution in [1.82, 2.24) is 10.2 Å². The molecule has 3 heteroatoms. The first-order chi connectivity index (χ1) is 9.30. The first-order valence-electron chi connectivity index (χ1n) is 8.19. The molecule has 2 unspecified atom stereocenters. The highest BCUT2D eigenvalue weighted by molar-refractivity contribution is 5.03. The Morgan fingerprint density at radius 3 is 2.50 bits per heavy atom. The summed E-state index contributed by atoms with van der Waals surface area (Å²) in [7, 11) is 0. The SMILES string of the molecule is CCCNC(C)(C#N)CCCN1CCC(C(C)(C)C)C1. The minimum atomic E-state index is -0.348. The molecule has 0 radical (unpaired) electrons. The second-order valence-corrected chi connectivity index (χ2v) is 7.63. The number of nitriles is 1. The van der Waals surface area contributed by atoms with Crippen LogP contribution >= 0.6 is 0 Å². The maximum absolute atomic E-state index is 9.33. The summed E-state index contributed by atoms with van der Waals surface area (Å²) in [5.74, 6) is 0.822. The van der Waals surface area contributed by atoms with Crippen LogP contribution < -0.4 is 5.32 Å². The van der Waals surface area contributed by atoms with E-state index in [9.17, 15) is 5.26 Å². The topological polar surface area (TPSA) is 39.1 Å². The molecule has 0 saturated carbocycles. The van der Waals surface area contributed by atoms with Crippen molar-refractivity contribution < 1.29 is 0 Å². The number of hydrogen-bond acceptors (Lipinski definition) is 3. The molecule has 0 aromatic carbocycles. The van der Waals surface area contributed by atoms with Crippen LogP contribution in [0.3, 0.4) is 0 Å². The van der Waals surface area contributed by atoms with Gasteiger partial charge < -0.3 is 4.90 Å². The molecule has 3 nitrogen and oxygen atoms in total. The Morgan fingerprint density at radius 2 is 2.00 bits per heavy atom. The van der Waals surface area contributed by atoms with Crippen LogP contribution in [0.5, 0.6) is 0 Å². The second-order valence-electron chi connectivity index (χ2n) is 7.63. The number of likely N-dealkylation sites (tertiary alicyclic amines) is 1. The summed E-state index contributed by atoms with van der Waals surface area (Å²) in [5, 5.41) is 12.7. The minimum Gasteiger partial charge on any atom is -0.303 e. The summed E-state index contributed by atoms with van der Waals surface area (Å²) in [4.78, 5) is 2.58. The van der Waals surface area contributed by atoms with Gasteiger partial charge in [-0.25, -0.2) is 0 Å². The highest BCUT2D eigenvalue weighted by atomic mass is 15.1. The molecule has 1 heterocycles. The third-order valence-electron chi connectivity index (χ3n) is 4.66. The predicted octanol–water partition coefficient (Wildman–Crippen LogP) is 3.42. The first kappa shape index (κ1) is 17.5. The van der Waals surface area contributed by atoms with Crippen LogP contribution in [0, 0.1) is 22.7 Å². The Bertz CT molecular complexity index is 326. The fourth-order valence-corrected chi connectivity index (χ4v) is 2.98. The van der Waals surface area contributed by atoms with Gasteiger partial charge in [0, 0.05) is 6.54 Å². The van der Waals surface area contributed by atoms with Gasteiger partial charge in [0.1, 0.15) is 5.54 Å². The Morgan fingerprint density at radius 1 is 1.30 bits per heavy atom. The van der Waals surface area contributed by atoms with E-state index in [1.54, 1.807) is 0 Å². The van der Waals surface area contributed by atoms with Crippen LogP contribution in [0.2, 0.25) is 0 Å². The van der Waals surface area contributed by atoms with E-state index in [-0.39, 0.29) is 5.54 Å². The molecule has 20 heavy (non-hydrogen) atoms. The summed E-state index contributed by atoms with van der Waals surface area (Å²) in [6.45, 7) is 15.8. The lowest BCUT2D eigenvalue weighted by molar-refractivity contribution is 0.225. The zero-order valence-electron chi connectivity index (χ0n) is 14.1. The van der Waals surface area contributed by atoms with E-state index in [0.29, 0.717) is 5.41 Å². The van der Waals surface area contributed by atoms with Crippen LogP contribution in [0.15, 0.2) is 0 Å².